The summed E-state index contributed by atoms with van der Waals surface area (Å²) >= 11 is 0. The van der Waals surface area contributed by atoms with Gasteiger partial charge in [0.05, 0.1) is 18.9 Å². The van der Waals surface area contributed by atoms with Gasteiger partial charge in [-0.2, -0.15) is 0 Å². The Hall–Kier alpha value is -3.37. The second-order valence-corrected chi connectivity index (χ2v) is 7.90. The molecule has 0 spiro atoms. The molecule has 1 aliphatic heterocycles. The lowest BCUT2D eigenvalue weighted by Crippen LogP contribution is -2.20. The Morgan fingerprint density at radius 1 is 1.07 bits per heavy atom. The average molecular weight is 394 g/mol. The van der Waals surface area contributed by atoms with Crippen molar-refractivity contribution in [3.63, 3.8) is 0 Å². The van der Waals surface area contributed by atoms with Gasteiger partial charge in [-0.05, 0) is 53.5 Å². The number of aryl methyl sites for hydroxylation is 1. The topological polar surface area (TPSA) is 62.6 Å². The number of benzene rings is 2. The molecule has 2 aromatic carbocycles. The van der Waals surface area contributed by atoms with Gasteiger partial charge in [-0.3, -0.25) is 14.8 Å². The van der Waals surface area contributed by atoms with Crippen molar-refractivity contribution in [3.05, 3.63) is 105 Å². The molecule has 4 nitrogen and oxygen atoms in total. The van der Waals surface area contributed by atoms with E-state index in [1.54, 1.807) is 0 Å². The fraction of sp³-hybridized carbons (Fsp3) is 0.192. The molecule has 1 N–H and O–H groups in total. The molecule has 0 saturated heterocycles. The third-order valence-electron chi connectivity index (χ3n) is 5.94. The Labute approximate surface area is 175 Å². The minimum Gasteiger partial charge on any atom is -0.395 e. The van der Waals surface area contributed by atoms with Crippen molar-refractivity contribution < 1.29 is 9.90 Å². The largest absolute Gasteiger partial charge is 0.395 e. The Morgan fingerprint density at radius 3 is 2.67 bits per heavy atom. The van der Waals surface area contributed by atoms with Crippen LogP contribution in [-0.2, 0) is 17.8 Å². The van der Waals surface area contributed by atoms with Crippen LogP contribution in [-0.4, -0.2) is 28.2 Å². The number of carbonyl (C=O) groups is 1. The summed E-state index contributed by atoms with van der Waals surface area (Å²) < 4.78 is 0. The maximum Gasteiger partial charge on any atom is 0.163 e. The highest BCUT2D eigenvalue weighted by Gasteiger charge is 2.28. The minimum absolute atomic E-state index is 0.0780. The Kier molecular flexibility index (Phi) is 4.64. The predicted molar refractivity (Wildman–Crippen MR) is 118 cm³/mol. The first-order valence-corrected chi connectivity index (χ1v) is 10.2. The zero-order valence-corrected chi connectivity index (χ0v) is 16.8. The summed E-state index contributed by atoms with van der Waals surface area (Å²) in [6, 6.07) is 18.0. The van der Waals surface area contributed by atoms with Gasteiger partial charge < -0.3 is 5.11 Å². The maximum absolute atomic E-state index is 12.9. The van der Waals surface area contributed by atoms with Crippen LogP contribution in [0.25, 0.3) is 6.08 Å². The third-order valence-corrected chi connectivity index (χ3v) is 5.94. The summed E-state index contributed by atoms with van der Waals surface area (Å²) in [6.45, 7) is 2.52. The number of carbonyl (C=O) groups excluding carboxylic acids is 1. The van der Waals surface area contributed by atoms with Gasteiger partial charge in [-0.25, -0.2) is 0 Å². The molecular weight excluding hydrogens is 372 g/mol. The van der Waals surface area contributed by atoms with Gasteiger partial charge in [0, 0.05) is 40.9 Å². The molecule has 0 radical (unpaired) electrons. The van der Waals surface area contributed by atoms with Crippen molar-refractivity contribution in [1.82, 2.24) is 4.98 Å². The molecule has 30 heavy (non-hydrogen) atoms. The van der Waals surface area contributed by atoms with Gasteiger partial charge in [0.1, 0.15) is 0 Å². The number of hydrogen-bond acceptors (Lipinski definition) is 4. The molecule has 148 valence electrons. The number of rotatable bonds is 4. The molecule has 0 amide bonds. The number of Topliss-reactive ketones (excluding diaryl/α,β-unsaturated/α-hetero) is 1. The monoisotopic (exact) mass is 394 g/mol. The fourth-order valence-corrected chi connectivity index (χ4v) is 4.43. The predicted octanol–water partition coefficient (Wildman–Crippen LogP) is 4.03. The van der Waals surface area contributed by atoms with Crippen LogP contribution in [0.15, 0.2) is 71.4 Å². The number of aliphatic hydroxyl groups excluding tert-OH is 1. The van der Waals surface area contributed by atoms with E-state index in [0.717, 1.165) is 44.8 Å². The molecule has 1 unspecified atom stereocenters. The van der Waals surface area contributed by atoms with Crippen LogP contribution in [0.5, 0.6) is 0 Å². The molecule has 1 atom stereocenters. The standard InChI is InChI=1S/C26H22N2O2/c1-16-9-18(7-8-27-16)26-22-11-20-12-23(24(15-29)17-5-3-2-4-6-17)25(30)13-19(20)10-21(22)14-28-26/h2-12,24,29H,13-15H2,1H3. The number of ketones is 1. The second-order valence-electron chi connectivity index (χ2n) is 7.90. The zero-order valence-electron chi connectivity index (χ0n) is 16.8. The van der Waals surface area contributed by atoms with Gasteiger partial charge in [0.15, 0.2) is 5.78 Å². The van der Waals surface area contributed by atoms with Crippen molar-refractivity contribution in [2.24, 2.45) is 4.99 Å². The molecule has 0 saturated carbocycles. The molecule has 0 bridgehead atoms. The number of nitrogens with zero attached hydrogens (tertiary/aromatic N) is 2. The quantitative estimate of drug-likeness (QED) is 0.727. The molecule has 5 rings (SSSR count). The van der Waals surface area contributed by atoms with Crippen LogP contribution in [0.1, 0.15) is 45.0 Å². The van der Waals surface area contributed by atoms with Crippen LogP contribution >= 0.6 is 0 Å². The van der Waals surface area contributed by atoms with Gasteiger partial charge in [0.2, 0.25) is 0 Å². The molecule has 1 aliphatic carbocycles. The van der Waals surface area contributed by atoms with E-state index in [9.17, 15) is 9.90 Å². The molecule has 3 aromatic rings. The summed E-state index contributed by atoms with van der Waals surface area (Å²) in [5, 5.41) is 10.1. The van der Waals surface area contributed by atoms with E-state index in [-0.39, 0.29) is 18.3 Å². The van der Waals surface area contributed by atoms with Crippen LogP contribution in [0.4, 0.5) is 0 Å². The Morgan fingerprint density at radius 2 is 1.90 bits per heavy atom. The number of aromatic nitrogens is 1. The highest BCUT2D eigenvalue weighted by atomic mass is 16.3. The van der Waals surface area contributed by atoms with Crippen LogP contribution in [0.2, 0.25) is 0 Å². The Balaban J connectivity index is 1.57. The summed E-state index contributed by atoms with van der Waals surface area (Å²) in [4.78, 5) is 22.0. The van der Waals surface area contributed by atoms with E-state index in [0.29, 0.717) is 18.5 Å². The maximum atomic E-state index is 12.9. The highest BCUT2D eigenvalue weighted by molar-refractivity contribution is 6.16. The summed E-state index contributed by atoms with van der Waals surface area (Å²) in [5.74, 6) is -0.231. The minimum atomic E-state index is -0.309. The normalized spacial score (nSPS) is 15.9. The van der Waals surface area contributed by atoms with Crippen LogP contribution in [0.3, 0.4) is 0 Å². The summed E-state index contributed by atoms with van der Waals surface area (Å²) in [5.41, 5.74) is 8.98. The molecule has 0 fully saturated rings. The first-order valence-electron chi connectivity index (χ1n) is 10.2. The smallest absolute Gasteiger partial charge is 0.163 e. The van der Waals surface area contributed by atoms with Crippen molar-refractivity contribution in [2.45, 2.75) is 25.8 Å². The van der Waals surface area contributed by atoms with E-state index in [1.807, 2.05) is 55.6 Å². The van der Waals surface area contributed by atoms with E-state index in [2.05, 4.69) is 23.2 Å². The van der Waals surface area contributed by atoms with Crippen molar-refractivity contribution >= 4 is 17.6 Å². The second kappa shape index (κ2) is 7.47. The van der Waals surface area contributed by atoms with E-state index in [1.165, 1.54) is 0 Å². The SMILES string of the molecule is Cc1cc(C2=NCc3cc4c(cc32)C=C(C(CO)c2ccccc2)C(=O)C4)ccn1. The number of fused-ring (bicyclic) bond motifs is 2. The van der Waals surface area contributed by atoms with Crippen molar-refractivity contribution in [1.29, 1.82) is 0 Å². The first kappa shape index (κ1) is 18.6. The van der Waals surface area contributed by atoms with Crippen LogP contribution in [0, 0.1) is 6.92 Å². The van der Waals surface area contributed by atoms with E-state index >= 15 is 0 Å². The van der Waals surface area contributed by atoms with Gasteiger partial charge >= 0.3 is 0 Å². The Bertz CT molecular complexity index is 1210. The zero-order chi connectivity index (χ0) is 20.7. The lowest BCUT2D eigenvalue weighted by molar-refractivity contribution is -0.115. The van der Waals surface area contributed by atoms with E-state index in [4.69, 9.17) is 4.99 Å². The third kappa shape index (κ3) is 3.19. The van der Waals surface area contributed by atoms with Crippen molar-refractivity contribution in [2.75, 3.05) is 6.61 Å². The summed E-state index contributed by atoms with van der Waals surface area (Å²) in [7, 11) is 0. The number of aliphatic hydroxyl groups is 1. The highest BCUT2D eigenvalue weighted by Crippen LogP contribution is 2.35. The number of pyridine rings is 1. The molecular formula is C26H22N2O2. The molecule has 2 heterocycles. The fourth-order valence-electron chi connectivity index (χ4n) is 4.43. The van der Waals surface area contributed by atoms with Crippen LogP contribution < -0.4 is 0 Å². The first-order chi connectivity index (χ1) is 14.6. The lowest BCUT2D eigenvalue weighted by Gasteiger charge is -2.23. The van der Waals surface area contributed by atoms with Gasteiger partial charge in [-0.1, -0.05) is 36.4 Å². The van der Waals surface area contributed by atoms with E-state index < -0.39 is 0 Å². The molecule has 2 aliphatic rings. The number of aliphatic imine (C=N–C) groups is 1. The average Bonchev–Trinajstić information content (AvgIpc) is 3.16. The van der Waals surface area contributed by atoms with Gasteiger partial charge in [-0.15, -0.1) is 0 Å². The number of hydrogen-bond donors (Lipinski definition) is 1. The summed E-state index contributed by atoms with van der Waals surface area (Å²) in [6.07, 6.45) is 4.14. The lowest BCUT2D eigenvalue weighted by atomic mass is 9.80. The van der Waals surface area contributed by atoms with Crippen molar-refractivity contribution in [3.8, 4) is 0 Å². The molecule has 1 aromatic heterocycles. The molecule has 4 heteroatoms. The van der Waals surface area contributed by atoms with Gasteiger partial charge in [0.25, 0.3) is 0 Å².